The molecule has 0 fully saturated rings. The van der Waals surface area contributed by atoms with Crippen molar-refractivity contribution in [2.24, 2.45) is 0 Å². The van der Waals surface area contributed by atoms with E-state index < -0.39 is 11.6 Å². The minimum absolute atomic E-state index is 0.147. The molecule has 0 spiro atoms. The third-order valence-electron chi connectivity index (χ3n) is 1.67. The highest BCUT2D eigenvalue weighted by Crippen LogP contribution is 2.12. The number of fused-ring (bicyclic) bond motifs is 1. The third-order valence-corrected chi connectivity index (χ3v) is 1.67. The molecule has 0 aliphatic rings. The zero-order valence-corrected chi connectivity index (χ0v) is 8.64. The fourth-order valence-electron chi connectivity index (χ4n) is 1.08. The first-order valence-electron chi connectivity index (χ1n) is 4.48. The molecule has 2 rings (SSSR count). The van der Waals surface area contributed by atoms with Gasteiger partial charge in [0.05, 0.1) is 0 Å². The Morgan fingerprint density at radius 2 is 1.94 bits per heavy atom. The zero-order chi connectivity index (χ0) is 12.1. The smallest absolute Gasteiger partial charge is 0.359 e. The normalized spacial score (nSPS) is 9.31. The van der Waals surface area contributed by atoms with Crippen molar-refractivity contribution < 1.29 is 14.3 Å². The number of carboxylic acids is 1. The molecule has 0 aliphatic carbocycles. The minimum Gasteiger partial charge on any atom is -0.481 e. The van der Waals surface area contributed by atoms with E-state index in [0.29, 0.717) is 5.58 Å². The van der Waals surface area contributed by atoms with Gasteiger partial charge in [0.1, 0.15) is 11.3 Å². The summed E-state index contributed by atoms with van der Waals surface area (Å²) < 4.78 is 4.91. The number of aliphatic carboxylic acids is 1. The second-order valence-corrected chi connectivity index (χ2v) is 3.05. The van der Waals surface area contributed by atoms with E-state index in [1.807, 2.05) is 18.2 Å². The maximum atomic E-state index is 10.9. The van der Waals surface area contributed by atoms with Crippen molar-refractivity contribution in [3.05, 3.63) is 40.8 Å². The SMILES string of the molecule is CC(=O)O.Nc1cc2ccccc2oc1=O. The van der Waals surface area contributed by atoms with E-state index >= 15 is 0 Å². The Bertz CT molecular complexity index is 555. The summed E-state index contributed by atoms with van der Waals surface area (Å²) in [6.45, 7) is 1.08. The molecule has 3 N–H and O–H groups in total. The van der Waals surface area contributed by atoms with Crippen molar-refractivity contribution in [3.63, 3.8) is 0 Å². The van der Waals surface area contributed by atoms with E-state index in [-0.39, 0.29) is 5.69 Å². The Balaban J connectivity index is 0.000000280. The molecule has 0 radical (unpaired) electrons. The van der Waals surface area contributed by atoms with Gasteiger partial charge in [-0.3, -0.25) is 4.79 Å². The lowest BCUT2D eigenvalue weighted by atomic mass is 10.2. The number of anilines is 1. The highest BCUT2D eigenvalue weighted by Gasteiger charge is 1.98. The van der Waals surface area contributed by atoms with E-state index in [9.17, 15) is 4.79 Å². The predicted octanol–water partition coefficient (Wildman–Crippen LogP) is 1.47. The maximum Gasteiger partial charge on any atom is 0.359 e. The summed E-state index contributed by atoms with van der Waals surface area (Å²) >= 11 is 0. The molecule has 0 aliphatic heterocycles. The van der Waals surface area contributed by atoms with Crippen LogP contribution in [0.4, 0.5) is 5.69 Å². The van der Waals surface area contributed by atoms with Crippen LogP contribution in [-0.4, -0.2) is 11.1 Å². The highest BCUT2D eigenvalue weighted by molar-refractivity contribution is 5.78. The molecule has 2 aromatic rings. The quantitative estimate of drug-likeness (QED) is 0.657. The van der Waals surface area contributed by atoms with Crippen LogP contribution >= 0.6 is 0 Å². The van der Waals surface area contributed by atoms with Crippen LogP contribution in [0.15, 0.2) is 39.5 Å². The Hall–Kier alpha value is -2.30. The van der Waals surface area contributed by atoms with Gasteiger partial charge in [0.25, 0.3) is 5.97 Å². The van der Waals surface area contributed by atoms with Gasteiger partial charge in [-0.2, -0.15) is 0 Å². The fraction of sp³-hybridized carbons (Fsp3) is 0.0909. The summed E-state index contributed by atoms with van der Waals surface area (Å²) in [7, 11) is 0. The van der Waals surface area contributed by atoms with Crippen molar-refractivity contribution in [1.82, 2.24) is 0 Å². The van der Waals surface area contributed by atoms with Crippen LogP contribution in [-0.2, 0) is 4.79 Å². The molecule has 5 heteroatoms. The van der Waals surface area contributed by atoms with Crippen LogP contribution in [0.25, 0.3) is 11.0 Å². The number of hydrogen-bond donors (Lipinski definition) is 2. The topological polar surface area (TPSA) is 93.5 Å². The molecule has 0 amide bonds. The van der Waals surface area contributed by atoms with Crippen LogP contribution in [0.1, 0.15) is 6.92 Å². The van der Waals surface area contributed by atoms with Crippen LogP contribution in [0.5, 0.6) is 0 Å². The monoisotopic (exact) mass is 221 g/mol. The van der Waals surface area contributed by atoms with Crippen molar-refractivity contribution >= 4 is 22.6 Å². The molecule has 0 unspecified atom stereocenters. The van der Waals surface area contributed by atoms with Crippen molar-refractivity contribution in [2.45, 2.75) is 6.92 Å². The summed E-state index contributed by atoms with van der Waals surface area (Å²) in [5.41, 5.74) is 5.61. The lowest BCUT2D eigenvalue weighted by molar-refractivity contribution is -0.134. The molecule has 84 valence electrons. The number of para-hydroxylation sites is 1. The van der Waals surface area contributed by atoms with E-state index in [1.54, 1.807) is 12.1 Å². The Kier molecular flexibility index (Phi) is 3.66. The Labute approximate surface area is 91.1 Å². The van der Waals surface area contributed by atoms with Crippen molar-refractivity contribution in [3.8, 4) is 0 Å². The van der Waals surface area contributed by atoms with Gasteiger partial charge >= 0.3 is 5.63 Å². The average Bonchev–Trinajstić information content (AvgIpc) is 2.19. The number of carbonyl (C=O) groups is 1. The van der Waals surface area contributed by atoms with Gasteiger partial charge in [0.15, 0.2) is 0 Å². The largest absolute Gasteiger partial charge is 0.481 e. The number of nitrogen functional groups attached to an aromatic ring is 1. The summed E-state index contributed by atoms with van der Waals surface area (Å²) in [6, 6.07) is 8.86. The molecular weight excluding hydrogens is 210 g/mol. The predicted molar refractivity (Wildman–Crippen MR) is 60.2 cm³/mol. The second-order valence-electron chi connectivity index (χ2n) is 3.05. The number of rotatable bonds is 0. The first-order chi connectivity index (χ1) is 7.50. The molecule has 16 heavy (non-hydrogen) atoms. The number of nitrogens with two attached hydrogens (primary N) is 1. The first kappa shape index (κ1) is 11.8. The Morgan fingerprint density at radius 3 is 2.56 bits per heavy atom. The molecule has 1 heterocycles. The van der Waals surface area contributed by atoms with Gasteiger partial charge in [0, 0.05) is 12.3 Å². The van der Waals surface area contributed by atoms with Gasteiger partial charge in [0.2, 0.25) is 0 Å². The van der Waals surface area contributed by atoms with Crippen LogP contribution in [0.3, 0.4) is 0 Å². The number of hydrogen-bond acceptors (Lipinski definition) is 4. The molecule has 5 nitrogen and oxygen atoms in total. The molecule has 0 saturated heterocycles. The maximum absolute atomic E-state index is 10.9. The first-order valence-corrected chi connectivity index (χ1v) is 4.48. The molecule has 0 saturated carbocycles. The molecule has 1 aromatic carbocycles. The second kappa shape index (κ2) is 4.97. The zero-order valence-electron chi connectivity index (χ0n) is 8.64. The standard InChI is InChI=1S/C9H7NO2.C2H4O2/c10-7-5-6-3-1-2-4-8(6)12-9(7)11;1-2(3)4/h1-5H,10H2;1H3,(H,3,4). The lowest BCUT2D eigenvalue weighted by Crippen LogP contribution is -2.05. The van der Waals surface area contributed by atoms with E-state index in [2.05, 4.69) is 0 Å². The van der Waals surface area contributed by atoms with Crippen LogP contribution in [0.2, 0.25) is 0 Å². The molecule has 0 atom stereocenters. The summed E-state index contributed by atoms with van der Waals surface area (Å²) in [5.74, 6) is -0.833. The Morgan fingerprint density at radius 1 is 1.38 bits per heavy atom. The molecule has 0 bridgehead atoms. The van der Waals surface area contributed by atoms with Gasteiger partial charge in [-0.05, 0) is 12.1 Å². The third kappa shape index (κ3) is 3.13. The van der Waals surface area contributed by atoms with Crippen LogP contribution in [0, 0.1) is 0 Å². The van der Waals surface area contributed by atoms with E-state index in [0.717, 1.165) is 12.3 Å². The number of carboxylic acid groups (broad SMARTS) is 1. The van der Waals surface area contributed by atoms with Crippen molar-refractivity contribution in [1.29, 1.82) is 0 Å². The van der Waals surface area contributed by atoms with E-state index in [1.165, 1.54) is 0 Å². The van der Waals surface area contributed by atoms with Crippen LogP contribution < -0.4 is 11.4 Å². The number of benzene rings is 1. The summed E-state index contributed by atoms with van der Waals surface area (Å²) in [4.78, 5) is 19.9. The molecule has 1 aromatic heterocycles. The van der Waals surface area contributed by atoms with Gasteiger partial charge in [-0.25, -0.2) is 4.79 Å². The minimum atomic E-state index is -0.833. The van der Waals surface area contributed by atoms with Gasteiger partial charge in [-0.1, -0.05) is 18.2 Å². The average molecular weight is 221 g/mol. The summed E-state index contributed by atoms with van der Waals surface area (Å²) in [6.07, 6.45) is 0. The van der Waals surface area contributed by atoms with E-state index in [4.69, 9.17) is 20.1 Å². The highest BCUT2D eigenvalue weighted by atomic mass is 16.4. The van der Waals surface area contributed by atoms with Gasteiger partial charge in [-0.15, -0.1) is 0 Å². The lowest BCUT2D eigenvalue weighted by Gasteiger charge is -1.95. The summed E-state index contributed by atoms with van der Waals surface area (Å²) in [5, 5.41) is 8.26. The molecular formula is C11H11NO4. The fourth-order valence-corrected chi connectivity index (χ4v) is 1.08. The van der Waals surface area contributed by atoms with Crippen molar-refractivity contribution in [2.75, 3.05) is 5.73 Å². The van der Waals surface area contributed by atoms with Gasteiger partial charge < -0.3 is 15.3 Å².